The summed E-state index contributed by atoms with van der Waals surface area (Å²) in [5.74, 6) is -0.476. The van der Waals surface area contributed by atoms with Crippen LogP contribution in [0.4, 0.5) is 0 Å². The van der Waals surface area contributed by atoms with Crippen molar-refractivity contribution in [3.63, 3.8) is 0 Å². The number of carbonyl (C=O) groups is 2. The number of benzene rings is 1. The lowest BCUT2D eigenvalue weighted by molar-refractivity contribution is -0.118. The number of amides is 1. The molecule has 0 radical (unpaired) electrons. The van der Waals surface area contributed by atoms with Gasteiger partial charge in [-0.2, -0.15) is 0 Å². The highest BCUT2D eigenvalue weighted by Crippen LogP contribution is 2.25. The predicted octanol–water partition coefficient (Wildman–Crippen LogP) is 1.54. The summed E-state index contributed by atoms with van der Waals surface area (Å²) in [5, 5.41) is 21.1. The van der Waals surface area contributed by atoms with Crippen LogP contribution in [-0.4, -0.2) is 40.0 Å². The van der Waals surface area contributed by atoms with Crippen molar-refractivity contribution in [1.29, 1.82) is 0 Å². The number of carbonyl (C=O) groups excluding carboxylic acids is 2. The molecule has 1 aromatic rings. The molecule has 0 aromatic heterocycles. The second-order valence-electron chi connectivity index (χ2n) is 3.97. The Bertz CT molecular complexity index is 462. The normalized spacial score (nSPS) is 10.2. The van der Waals surface area contributed by atoms with E-state index in [1.165, 1.54) is 30.0 Å². The van der Waals surface area contributed by atoms with Gasteiger partial charge in [-0.05, 0) is 24.6 Å². The fourth-order valence-electron chi connectivity index (χ4n) is 1.33. The quantitative estimate of drug-likeness (QED) is 0.522. The Hall–Kier alpha value is -1.69. The zero-order valence-corrected chi connectivity index (χ0v) is 11.5. The third-order valence-electron chi connectivity index (χ3n) is 2.34. The molecule has 5 nitrogen and oxygen atoms in total. The summed E-state index contributed by atoms with van der Waals surface area (Å²) in [6.45, 7) is 2.60. The summed E-state index contributed by atoms with van der Waals surface area (Å²) >= 11 is 1.22. The molecule has 0 saturated heterocycles. The Morgan fingerprint density at radius 2 is 1.95 bits per heavy atom. The van der Waals surface area contributed by atoms with Crippen LogP contribution in [0.5, 0.6) is 11.5 Å². The van der Waals surface area contributed by atoms with E-state index in [-0.39, 0.29) is 34.7 Å². The van der Waals surface area contributed by atoms with Crippen LogP contribution < -0.4 is 5.32 Å². The van der Waals surface area contributed by atoms with Crippen LogP contribution >= 0.6 is 11.8 Å². The maximum atomic E-state index is 11.8. The number of phenolic OH excluding ortho intramolecular Hbond substituents is 2. The number of hydrogen-bond donors (Lipinski definition) is 3. The van der Waals surface area contributed by atoms with Crippen molar-refractivity contribution < 1.29 is 19.8 Å². The van der Waals surface area contributed by atoms with Gasteiger partial charge in [0, 0.05) is 12.1 Å². The topological polar surface area (TPSA) is 86.6 Å². The molecule has 0 aliphatic rings. The maximum Gasteiger partial charge on any atom is 0.230 e. The van der Waals surface area contributed by atoms with Gasteiger partial charge in [0.1, 0.15) is 0 Å². The summed E-state index contributed by atoms with van der Waals surface area (Å²) in [6.07, 6.45) is 0.877. The number of ketones is 1. The molecule has 1 rings (SSSR count). The van der Waals surface area contributed by atoms with Crippen LogP contribution in [0.15, 0.2) is 18.2 Å². The molecule has 6 heteroatoms. The van der Waals surface area contributed by atoms with Crippen LogP contribution in [0.2, 0.25) is 0 Å². The first-order valence-corrected chi connectivity index (χ1v) is 7.09. The highest BCUT2D eigenvalue weighted by molar-refractivity contribution is 8.00. The molecule has 1 aromatic carbocycles. The predicted molar refractivity (Wildman–Crippen MR) is 74.7 cm³/mol. The number of Topliss-reactive ketones (excluding diaryl/α,β-unsaturated/α-hetero) is 1. The van der Waals surface area contributed by atoms with Gasteiger partial charge in [0.15, 0.2) is 17.3 Å². The second-order valence-corrected chi connectivity index (χ2v) is 4.96. The first kappa shape index (κ1) is 15.4. The lowest BCUT2D eigenvalue weighted by Gasteiger charge is -2.04. The van der Waals surface area contributed by atoms with Crippen molar-refractivity contribution in [1.82, 2.24) is 5.32 Å². The average Bonchev–Trinajstić information content (AvgIpc) is 2.39. The van der Waals surface area contributed by atoms with Crippen molar-refractivity contribution in [3.05, 3.63) is 23.8 Å². The zero-order chi connectivity index (χ0) is 14.3. The molecule has 0 atom stereocenters. The maximum absolute atomic E-state index is 11.8. The Balaban J connectivity index is 2.39. The van der Waals surface area contributed by atoms with E-state index in [0.717, 1.165) is 6.42 Å². The van der Waals surface area contributed by atoms with Gasteiger partial charge < -0.3 is 15.5 Å². The number of nitrogens with one attached hydrogen (secondary N) is 1. The van der Waals surface area contributed by atoms with Crippen LogP contribution in [0.25, 0.3) is 0 Å². The minimum atomic E-state index is -0.323. The number of hydrogen-bond acceptors (Lipinski definition) is 5. The average molecular weight is 283 g/mol. The molecule has 3 N–H and O–H groups in total. The number of rotatable bonds is 7. The van der Waals surface area contributed by atoms with E-state index in [1.54, 1.807) is 0 Å². The monoisotopic (exact) mass is 283 g/mol. The standard InChI is InChI=1S/C13H17NO4S/c1-2-5-14-13(18)8-19-7-12(17)9-3-4-10(15)11(16)6-9/h3-4,6,15-16H,2,5,7-8H2,1H3,(H,14,18). The first-order chi connectivity index (χ1) is 9.04. The van der Waals surface area contributed by atoms with E-state index < -0.39 is 0 Å². The molecular formula is C13H17NO4S. The van der Waals surface area contributed by atoms with Crippen LogP contribution in [-0.2, 0) is 4.79 Å². The number of aromatic hydroxyl groups is 2. The third kappa shape index (κ3) is 5.21. The molecule has 0 aliphatic carbocycles. The van der Waals surface area contributed by atoms with Crippen molar-refractivity contribution >= 4 is 23.5 Å². The number of phenols is 2. The Kier molecular flexibility index (Phi) is 6.21. The summed E-state index contributed by atoms with van der Waals surface area (Å²) in [4.78, 5) is 23.1. The van der Waals surface area contributed by atoms with E-state index in [1.807, 2.05) is 6.92 Å². The zero-order valence-electron chi connectivity index (χ0n) is 10.7. The summed E-state index contributed by atoms with van der Waals surface area (Å²) < 4.78 is 0. The minimum Gasteiger partial charge on any atom is -0.504 e. The van der Waals surface area contributed by atoms with Gasteiger partial charge >= 0.3 is 0 Å². The van der Waals surface area contributed by atoms with Gasteiger partial charge in [-0.15, -0.1) is 11.8 Å². The minimum absolute atomic E-state index is 0.0896. The second kappa shape index (κ2) is 7.68. The van der Waals surface area contributed by atoms with Crippen LogP contribution in [0.3, 0.4) is 0 Å². The van der Waals surface area contributed by atoms with Crippen molar-refractivity contribution in [2.45, 2.75) is 13.3 Å². The van der Waals surface area contributed by atoms with Crippen LogP contribution in [0, 0.1) is 0 Å². The molecule has 0 fully saturated rings. The largest absolute Gasteiger partial charge is 0.504 e. The fraction of sp³-hybridized carbons (Fsp3) is 0.385. The smallest absolute Gasteiger partial charge is 0.230 e. The van der Waals surface area contributed by atoms with Gasteiger partial charge in [0.25, 0.3) is 0 Å². The fourth-order valence-corrected chi connectivity index (χ4v) is 2.07. The molecule has 0 bridgehead atoms. The molecule has 0 aliphatic heterocycles. The van der Waals surface area contributed by atoms with Gasteiger partial charge in [-0.25, -0.2) is 0 Å². The lowest BCUT2D eigenvalue weighted by Crippen LogP contribution is -2.26. The highest BCUT2D eigenvalue weighted by atomic mass is 32.2. The van der Waals surface area contributed by atoms with Crippen LogP contribution in [0.1, 0.15) is 23.7 Å². The van der Waals surface area contributed by atoms with E-state index in [2.05, 4.69) is 5.32 Å². The Morgan fingerprint density at radius 1 is 1.21 bits per heavy atom. The molecule has 19 heavy (non-hydrogen) atoms. The summed E-state index contributed by atoms with van der Waals surface area (Å²) in [6, 6.07) is 3.92. The summed E-state index contributed by atoms with van der Waals surface area (Å²) in [5.41, 5.74) is 0.316. The van der Waals surface area contributed by atoms with Gasteiger partial charge in [-0.1, -0.05) is 6.92 Å². The van der Waals surface area contributed by atoms with Crippen molar-refractivity contribution in [3.8, 4) is 11.5 Å². The van der Waals surface area contributed by atoms with E-state index in [0.29, 0.717) is 12.1 Å². The van der Waals surface area contributed by atoms with Gasteiger partial charge in [0.05, 0.1) is 11.5 Å². The van der Waals surface area contributed by atoms with Crippen molar-refractivity contribution in [2.75, 3.05) is 18.1 Å². The third-order valence-corrected chi connectivity index (χ3v) is 3.27. The lowest BCUT2D eigenvalue weighted by atomic mass is 10.1. The Labute approximate surface area is 116 Å². The Morgan fingerprint density at radius 3 is 2.58 bits per heavy atom. The highest BCUT2D eigenvalue weighted by Gasteiger charge is 2.10. The molecular weight excluding hydrogens is 266 g/mol. The van der Waals surface area contributed by atoms with Crippen molar-refractivity contribution in [2.24, 2.45) is 0 Å². The molecule has 0 saturated carbocycles. The molecule has 0 unspecified atom stereocenters. The number of thioether (sulfide) groups is 1. The van der Waals surface area contributed by atoms with Gasteiger partial charge in [-0.3, -0.25) is 9.59 Å². The molecule has 0 heterocycles. The SMILES string of the molecule is CCCNC(=O)CSCC(=O)c1ccc(O)c(O)c1. The molecule has 1 amide bonds. The summed E-state index contributed by atoms with van der Waals surface area (Å²) in [7, 11) is 0. The van der Waals surface area contributed by atoms with E-state index in [4.69, 9.17) is 5.11 Å². The van der Waals surface area contributed by atoms with Gasteiger partial charge in [0.2, 0.25) is 5.91 Å². The van der Waals surface area contributed by atoms with E-state index >= 15 is 0 Å². The van der Waals surface area contributed by atoms with E-state index in [9.17, 15) is 14.7 Å². The molecule has 104 valence electrons. The first-order valence-electron chi connectivity index (χ1n) is 5.94. The molecule has 0 spiro atoms.